The Morgan fingerprint density at radius 3 is 2.56 bits per heavy atom. The molecule has 0 saturated carbocycles. The highest BCUT2D eigenvalue weighted by atomic mass is 35.5. The van der Waals surface area contributed by atoms with E-state index in [1.54, 1.807) is 18.2 Å². The van der Waals surface area contributed by atoms with E-state index in [0.29, 0.717) is 31.7 Å². The SMILES string of the molecule is O=C(CCNc1ccccc1F)N1CCN(c2cccc(Cl)c2)CC1. The number of piperazine rings is 1. The van der Waals surface area contributed by atoms with Crippen LogP contribution in [-0.2, 0) is 4.79 Å². The maximum atomic E-state index is 13.5. The van der Waals surface area contributed by atoms with Crippen molar-refractivity contribution in [2.24, 2.45) is 0 Å². The van der Waals surface area contributed by atoms with Crippen LogP contribution in [0.15, 0.2) is 48.5 Å². The quantitative estimate of drug-likeness (QED) is 0.883. The first-order valence-electron chi connectivity index (χ1n) is 8.40. The molecule has 6 heteroatoms. The van der Waals surface area contributed by atoms with Crippen LogP contribution in [0.3, 0.4) is 0 Å². The van der Waals surface area contributed by atoms with E-state index in [1.165, 1.54) is 6.07 Å². The minimum Gasteiger partial charge on any atom is -0.382 e. The fraction of sp³-hybridized carbons (Fsp3) is 0.316. The Balaban J connectivity index is 1.45. The third kappa shape index (κ3) is 4.63. The maximum Gasteiger partial charge on any atom is 0.224 e. The minimum atomic E-state index is -0.301. The molecule has 1 aliphatic heterocycles. The van der Waals surface area contributed by atoms with Crippen LogP contribution >= 0.6 is 11.6 Å². The number of hydrogen-bond donors (Lipinski definition) is 1. The van der Waals surface area contributed by atoms with E-state index < -0.39 is 0 Å². The van der Waals surface area contributed by atoms with Crippen molar-refractivity contribution in [3.05, 3.63) is 59.4 Å². The van der Waals surface area contributed by atoms with Crippen molar-refractivity contribution in [1.82, 2.24) is 4.90 Å². The van der Waals surface area contributed by atoms with Crippen LogP contribution in [0.25, 0.3) is 0 Å². The van der Waals surface area contributed by atoms with E-state index in [-0.39, 0.29) is 11.7 Å². The Labute approximate surface area is 152 Å². The topological polar surface area (TPSA) is 35.6 Å². The molecule has 0 bridgehead atoms. The standard InChI is InChI=1S/C19H21ClFN3O/c20-15-4-3-5-16(14-15)23-10-12-24(13-11-23)19(25)8-9-22-18-7-2-1-6-17(18)21/h1-7,14,22H,8-13H2. The zero-order chi connectivity index (χ0) is 17.6. The Bertz CT molecular complexity index is 732. The molecule has 0 radical (unpaired) electrons. The largest absolute Gasteiger partial charge is 0.382 e. The van der Waals surface area contributed by atoms with Gasteiger partial charge < -0.3 is 15.1 Å². The molecule has 2 aromatic rings. The molecule has 1 heterocycles. The van der Waals surface area contributed by atoms with Crippen LogP contribution in [0.4, 0.5) is 15.8 Å². The van der Waals surface area contributed by atoms with E-state index in [1.807, 2.05) is 29.2 Å². The second-order valence-electron chi connectivity index (χ2n) is 6.00. The third-order valence-corrected chi connectivity index (χ3v) is 4.57. The van der Waals surface area contributed by atoms with Crippen LogP contribution in [0.2, 0.25) is 5.02 Å². The minimum absolute atomic E-state index is 0.0922. The monoisotopic (exact) mass is 361 g/mol. The van der Waals surface area contributed by atoms with Gasteiger partial charge in [-0.3, -0.25) is 4.79 Å². The van der Waals surface area contributed by atoms with Crippen molar-refractivity contribution in [3.8, 4) is 0 Å². The Kier molecular flexibility index (Phi) is 5.76. The van der Waals surface area contributed by atoms with E-state index in [2.05, 4.69) is 10.2 Å². The maximum absolute atomic E-state index is 13.5. The van der Waals surface area contributed by atoms with Crippen molar-refractivity contribution in [2.75, 3.05) is 42.9 Å². The number of nitrogens with one attached hydrogen (secondary N) is 1. The highest BCUT2D eigenvalue weighted by molar-refractivity contribution is 6.30. The lowest BCUT2D eigenvalue weighted by molar-refractivity contribution is -0.131. The normalized spacial score (nSPS) is 14.5. The molecule has 3 rings (SSSR count). The first-order chi connectivity index (χ1) is 12.1. The van der Waals surface area contributed by atoms with Crippen LogP contribution in [-0.4, -0.2) is 43.5 Å². The Morgan fingerprint density at radius 1 is 1.08 bits per heavy atom. The van der Waals surface area contributed by atoms with E-state index in [0.717, 1.165) is 23.8 Å². The summed E-state index contributed by atoms with van der Waals surface area (Å²) < 4.78 is 13.5. The van der Waals surface area contributed by atoms with E-state index in [9.17, 15) is 9.18 Å². The molecule has 1 saturated heterocycles. The molecule has 1 N–H and O–H groups in total. The van der Waals surface area contributed by atoms with Gasteiger partial charge in [-0.2, -0.15) is 0 Å². The van der Waals surface area contributed by atoms with Gasteiger partial charge >= 0.3 is 0 Å². The molecule has 25 heavy (non-hydrogen) atoms. The summed E-state index contributed by atoms with van der Waals surface area (Å²) in [7, 11) is 0. The number of carbonyl (C=O) groups excluding carboxylic acids is 1. The summed E-state index contributed by atoms with van der Waals surface area (Å²) in [5.41, 5.74) is 1.52. The highest BCUT2D eigenvalue weighted by Gasteiger charge is 2.21. The summed E-state index contributed by atoms with van der Waals surface area (Å²) in [6, 6.07) is 14.2. The predicted molar refractivity (Wildman–Crippen MR) is 99.8 cm³/mol. The number of anilines is 2. The zero-order valence-corrected chi connectivity index (χ0v) is 14.7. The number of amides is 1. The number of halogens is 2. The zero-order valence-electron chi connectivity index (χ0n) is 13.9. The van der Waals surface area contributed by atoms with Gasteiger partial charge in [-0.1, -0.05) is 29.8 Å². The van der Waals surface area contributed by atoms with E-state index in [4.69, 9.17) is 11.6 Å². The fourth-order valence-corrected chi connectivity index (χ4v) is 3.14. The number of rotatable bonds is 5. The molecule has 0 spiro atoms. The summed E-state index contributed by atoms with van der Waals surface area (Å²) in [6.45, 7) is 3.37. The van der Waals surface area contributed by atoms with Crippen molar-refractivity contribution in [3.63, 3.8) is 0 Å². The summed E-state index contributed by atoms with van der Waals surface area (Å²) in [4.78, 5) is 16.4. The smallest absolute Gasteiger partial charge is 0.224 e. The lowest BCUT2D eigenvalue weighted by atomic mass is 10.2. The molecule has 0 atom stereocenters. The summed E-state index contributed by atoms with van der Waals surface area (Å²) in [5.74, 6) is -0.209. The van der Waals surface area contributed by atoms with Crippen molar-refractivity contribution in [1.29, 1.82) is 0 Å². The Morgan fingerprint density at radius 2 is 1.84 bits per heavy atom. The van der Waals surface area contributed by atoms with Gasteiger partial charge in [0.05, 0.1) is 5.69 Å². The van der Waals surface area contributed by atoms with Crippen molar-refractivity contribution >= 4 is 28.9 Å². The van der Waals surface area contributed by atoms with Crippen LogP contribution in [0.1, 0.15) is 6.42 Å². The lowest BCUT2D eigenvalue weighted by Gasteiger charge is -2.36. The lowest BCUT2D eigenvalue weighted by Crippen LogP contribution is -2.49. The van der Waals surface area contributed by atoms with Crippen LogP contribution in [0.5, 0.6) is 0 Å². The van der Waals surface area contributed by atoms with Gasteiger partial charge in [-0.15, -0.1) is 0 Å². The molecule has 1 amide bonds. The van der Waals surface area contributed by atoms with Crippen molar-refractivity contribution < 1.29 is 9.18 Å². The molecule has 1 fully saturated rings. The first-order valence-corrected chi connectivity index (χ1v) is 8.78. The van der Waals surface area contributed by atoms with Gasteiger partial charge in [-0.25, -0.2) is 4.39 Å². The van der Waals surface area contributed by atoms with Gasteiger partial charge in [0.2, 0.25) is 5.91 Å². The highest BCUT2D eigenvalue weighted by Crippen LogP contribution is 2.21. The third-order valence-electron chi connectivity index (χ3n) is 4.33. The number of para-hydroxylation sites is 1. The van der Waals surface area contributed by atoms with Crippen molar-refractivity contribution in [2.45, 2.75) is 6.42 Å². The predicted octanol–water partition coefficient (Wildman–Crippen LogP) is 3.63. The molecule has 1 aliphatic rings. The van der Waals surface area contributed by atoms with Gasteiger partial charge in [0.15, 0.2) is 0 Å². The number of nitrogens with zero attached hydrogens (tertiary/aromatic N) is 2. The van der Waals surface area contributed by atoms with Gasteiger partial charge in [0.25, 0.3) is 0 Å². The molecule has 0 unspecified atom stereocenters. The second-order valence-corrected chi connectivity index (χ2v) is 6.44. The molecule has 4 nitrogen and oxygen atoms in total. The molecule has 2 aromatic carbocycles. The molecule has 0 aliphatic carbocycles. The van der Waals surface area contributed by atoms with Gasteiger partial charge in [0, 0.05) is 49.9 Å². The average molecular weight is 362 g/mol. The van der Waals surface area contributed by atoms with Crippen LogP contribution in [0, 0.1) is 5.82 Å². The first kappa shape index (κ1) is 17.5. The molecular weight excluding hydrogens is 341 g/mol. The Hall–Kier alpha value is -2.27. The molecule has 0 aromatic heterocycles. The molecule has 132 valence electrons. The van der Waals surface area contributed by atoms with Gasteiger partial charge in [-0.05, 0) is 30.3 Å². The number of benzene rings is 2. The number of hydrogen-bond acceptors (Lipinski definition) is 3. The van der Waals surface area contributed by atoms with Crippen LogP contribution < -0.4 is 10.2 Å². The fourth-order valence-electron chi connectivity index (χ4n) is 2.95. The average Bonchev–Trinajstić information content (AvgIpc) is 2.63. The summed E-state index contributed by atoms with van der Waals surface area (Å²) >= 11 is 6.04. The van der Waals surface area contributed by atoms with Gasteiger partial charge in [0.1, 0.15) is 5.82 Å². The second kappa shape index (κ2) is 8.21. The molecular formula is C19H21ClFN3O. The summed E-state index contributed by atoms with van der Waals surface area (Å²) in [6.07, 6.45) is 0.353. The summed E-state index contributed by atoms with van der Waals surface area (Å²) in [5, 5.41) is 3.69. The van der Waals surface area contributed by atoms with E-state index >= 15 is 0 Å². The number of carbonyl (C=O) groups is 1.